The Kier molecular flexibility index (Phi) is 4.57. The summed E-state index contributed by atoms with van der Waals surface area (Å²) in [6.07, 6.45) is 0. The zero-order valence-corrected chi connectivity index (χ0v) is 13.4. The van der Waals surface area contributed by atoms with E-state index in [9.17, 15) is 8.42 Å². The first-order valence-electron chi connectivity index (χ1n) is 6.31. The van der Waals surface area contributed by atoms with Gasteiger partial charge in [0.25, 0.3) is 0 Å². The predicted octanol–water partition coefficient (Wildman–Crippen LogP) is 2.45. The van der Waals surface area contributed by atoms with E-state index in [1.807, 2.05) is 33.0 Å². The summed E-state index contributed by atoms with van der Waals surface area (Å²) < 4.78 is 24.7. The molecule has 0 spiro atoms. The summed E-state index contributed by atoms with van der Waals surface area (Å²) in [6, 6.07) is 6.93. The molecule has 108 valence electrons. The van der Waals surface area contributed by atoms with Gasteiger partial charge in [-0.2, -0.15) is 0 Å². The molecule has 0 saturated heterocycles. The van der Waals surface area contributed by atoms with Crippen LogP contribution in [0.5, 0.6) is 0 Å². The second kappa shape index (κ2) is 6.03. The molecule has 0 saturated carbocycles. The van der Waals surface area contributed by atoms with Crippen LogP contribution < -0.4 is 5.32 Å². The van der Waals surface area contributed by atoms with E-state index < -0.39 is 9.84 Å². The van der Waals surface area contributed by atoms with Gasteiger partial charge >= 0.3 is 0 Å². The first-order valence-corrected chi connectivity index (χ1v) is 8.78. The van der Waals surface area contributed by atoms with E-state index in [0.29, 0.717) is 16.4 Å². The van der Waals surface area contributed by atoms with E-state index in [1.165, 1.54) is 11.3 Å². The fourth-order valence-corrected chi connectivity index (χ4v) is 4.55. The number of rotatable bonds is 5. The van der Waals surface area contributed by atoms with Gasteiger partial charge in [-0.3, -0.25) is 0 Å². The summed E-state index contributed by atoms with van der Waals surface area (Å²) in [4.78, 5) is 5.79. The van der Waals surface area contributed by atoms with Gasteiger partial charge < -0.3 is 5.32 Å². The quantitative estimate of drug-likeness (QED) is 0.921. The van der Waals surface area contributed by atoms with Gasteiger partial charge in [0.1, 0.15) is 10.8 Å². The van der Waals surface area contributed by atoms with E-state index >= 15 is 0 Å². The minimum absolute atomic E-state index is 0.0364. The maximum absolute atomic E-state index is 12.3. The summed E-state index contributed by atoms with van der Waals surface area (Å²) in [6.45, 7) is 4.56. The van der Waals surface area contributed by atoms with Gasteiger partial charge in [0.2, 0.25) is 0 Å². The molecule has 1 N–H and O–H groups in total. The molecular formula is C14H18N2O2S2. The lowest BCUT2D eigenvalue weighted by Crippen LogP contribution is -2.04. The van der Waals surface area contributed by atoms with Crippen molar-refractivity contribution < 1.29 is 8.42 Å². The zero-order chi connectivity index (χ0) is 14.8. The minimum atomic E-state index is -3.32. The molecule has 0 aliphatic heterocycles. The number of thiazole rings is 1. The van der Waals surface area contributed by atoms with Gasteiger partial charge in [0.05, 0.1) is 10.6 Å². The number of nitrogens with one attached hydrogen (secondary N) is 1. The molecular weight excluding hydrogens is 292 g/mol. The summed E-state index contributed by atoms with van der Waals surface area (Å²) >= 11 is 1.46. The van der Waals surface area contributed by atoms with Gasteiger partial charge in [0.15, 0.2) is 9.84 Å². The van der Waals surface area contributed by atoms with Crippen molar-refractivity contribution in [1.82, 2.24) is 10.3 Å². The molecule has 0 amide bonds. The molecule has 0 bridgehead atoms. The van der Waals surface area contributed by atoms with Gasteiger partial charge in [-0.1, -0.05) is 17.7 Å². The summed E-state index contributed by atoms with van der Waals surface area (Å²) in [7, 11) is -1.46. The van der Waals surface area contributed by atoms with Crippen LogP contribution in [0.15, 0.2) is 29.2 Å². The molecule has 0 radical (unpaired) electrons. The Balaban J connectivity index is 2.24. The van der Waals surface area contributed by atoms with Crippen molar-refractivity contribution in [3.63, 3.8) is 0 Å². The lowest BCUT2D eigenvalue weighted by atomic mass is 10.2. The van der Waals surface area contributed by atoms with Crippen molar-refractivity contribution in [3.8, 4) is 0 Å². The van der Waals surface area contributed by atoms with E-state index in [1.54, 1.807) is 12.1 Å². The van der Waals surface area contributed by atoms with Crippen LogP contribution in [0.4, 0.5) is 0 Å². The highest BCUT2D eigenvalue weighted by Crippen LogP contribution is 2.23. The lowest BCUT2D eigenvalue weighted by Gasteiger charge is -2.02. The summed E-state index contributed by atoms with van der Waals surface area (Å²) in [5.74, 6) is -0.0364. The largest absolute Gasteiger partial charge is 0.315 e. The molecule has 0 aliphatic carbocycles. The van der Waals surface area contributed by atoms with Crippen LogP contribution in [0, 0.1) is 13.8 Å². The third-order valence-electron chi connectivity index (χ3n) is 2.97. The number of aryl methyl sites for hydroxylation is 2. The van der Waals surface area contributed by atoms with Gasteiger partial charge in [0, 0.05) is 11.4 Å². The van der Waals surface area contributed by atoms with Crippen LogP contribution in [-0.2, 0) is 22.1 Å². The number of aromatic nitrogens is 1. The van der Waals surface area contributed by atoms with Gasteiger partial charge in [-0.25, -0.2) is 13.4 Å². The first-order chi connectivity index (χ1) is 9.42. The molecule has 0 unspecified atom stereocenters. The number of nitrogens with zero attached hydrogens (tertiary/aromatic N) is 1. The first kappa shape index (κ1) is 15.2. The topological polar surface area (TPSA) is 59.1 Å². The Bertz CT molecular complexity index is 688. The highest BCUT2D eigenvalue weighted by Gasteiger charge is 2.18. The molecule has 0 atom stereocenters. The van der Waals surface area contributed by atoms with Crippen molar-refractivity contribution >= 4 is 21.2 Å². The SMILES string of the molecule is CNCc1sc(CS(=O)(=O)c2ccc(C)cc2)nc1C. The van der Waals surface area contributed by atoms with Crippen molar-refractivity contribution in [2.75, 3.05) is 7.05 Å². The number of hydrogen-bond donors (Lipinski definition) is 1. The van der Waals surface area contributed by atoms with Crippen molar-refractivity contribution in [1.29, 1.82) is 0 Å². The van der Waals surface area contributed by atoms with E-state index in [4.69, 9.17) is 0 Å². The maximum atomic E-state index is 12.3. The zero-order valence-electron chi connectivity index (χ0n) is 11.8. The number of hydrogen-bond acceptors (Lipinski definition) is 5. The van der Waals surface area contributed by atoms with Crippen LogP contribution in [0.1, 0.15) is 21.1 Å². The number of benzene rings is 1. The second-order valence-corrected chi connectivity index (χ2v) is 7.88. The molecule has 4 nitrogen and oxygen atoms in total. The van der Waals surface area contributed by atoms with Crippen LogP contribution in [0.2, 0.25) is 0 Å². The van der Waals surface area contributed by atoms with Gasteiger partial charge in [-0.15, -0.1) is 11.3 Å². The molecule has 0 aliphatic rings. The minimum Gasteiger partial charge on any atom is -0.315 e. The average molecular weight is 310 g/mol. The molecule has 2 rings (SSSR count). The Morgan fingerprint density at radius 1 is 1.20 bits per heavy atom. The standard InChI is InChI=1S/C14H18N2O2S2/c1-10-4-6-12(7-5-10)20(17,18)9-14-16-11(2)13(19-14)8-15-3/h4-7,15H,8-9H2,1-3H3. The molecule has 0 fully saturated rings. The maximum Gasteiger partial charge on any atom is 0.184 e. The molecule has 1 aromatic carbocycles. The third kappa shape index (κ3) is 3.45. The highest BCUT2D eigenvalue weighted by molar-refractivity contribution is 7.90. The smallest absolute Gasteiger partial charge is 0.184 e. The summed E-state index contributed by atoms with van der Waals surface area (Å²) in [5, 5.41) is 3.71. The Hall–Kier alpha value is -1.24. The lowest BCUT2D eigenvalue weighted by molar-refractivity contribution is 0.595. The van der Waals surface area contributed by atoms with Crippen molar-refractivity contribution in [2.45, 2.75) is 31.0 Å². The molecule has 1 aromatic heterocycles. The van der Waals surface area contributed by atoms with E-state index in [0.717, 1.165) is 16.1 Å². The van der Waals surface area contributed by atoms with Crippen molar-refractivity contribution in [2.24, 2.45) is 0 Å². The molecule has 20 heavy (non-hydrogen) atoms. The van der Waals surface area contributed by atoms with Crippen molar-refractivity contribution in [3.05, 3.63) is 45.4 Å². The molecule has 2 aromatic rings. The third-order valence-corrected chi connectivity index (χ3v) is 5.95. The fraction of sp³-hybridized carbons (Fsp3) is 0.357. The van der Waals surface area contributed by atoms with Crippen LogP contribution in [0.3, 0.4) is 0 Å². The normalized spacial score (nSPS) is 11.8. The second-order valence-electron chi connectivity index (χ2n) is 4.72. The Morgan fingerprint density at radius 2 is 1.85 bits per heavy atom. The van der Waals surface area contributed by atoms with Crippen LogP contribution in [-0.4, -0.2) is 20.4 Å². The number of sulfone groups is 1. The summed E-state index contributed by atoms with van der Waals surface area (Å²) in [5.41, 5.74) is 1.95. The highest BCUT2D eigenvalue weighted by atomic mass is 32.2. The average Bonchev–Trinajstić information content (AvgIpc) is 2.70. The van der Waals surface area contributed by atoms with E-state index in [-0.39, 0.29) is 5.75 Å². The monoisotopic (exact) mass is 310 g/mol. The molecule has 1 heterocycles. The van der Waals surface area contributed by atoms with Crippen LogP contribution in [0.25, 0.3) is 0 Å². The Labute approximate surface area is 123 Å². The van der Waals surface area contributed by atoms with Gasteiger partial charge in [-0.05, 0) is 33.0 Å². The van der Waals surface area contributed by atoms with Crippen LogP contribution >= 0.6 is 11.3 Å². The Morgan fingerprint density at radius 3 is 2.45 bits per heavy atom. The molecule has 6 heteroatoms. The fourth-order valence-electron chi connectivity index (χ4n) is 1.87. The van der Waals surface area contributed by atoms with E-state index in [2.05, 4.69) is 10.3 Å². The predicted molar refractivity (Wildman–Crippen MR) is 81.7 cm³/mol.